The molecule has 0 aromatic heterocycles. The molecule has 0 unspecified atom stereocenters. The average Bonchev–Trinajstić information content (AvgIpc) is 1.64. The molecule has 0 aromatic carbocycles. The SMILES string of the molecule is CC1=CC(N)=NCC1.Cl. The minimum atomic E-state index is 0. The first-order chi connectivity index (χ1) is 3.79. The van der Waals surface area contributed by atoms with Crippen molar-refractivity contribution in [3.05, 3.63) is 11.6 Å². The van der Waals surface area contributed by atoms with Crippen molar-refractivity contribution in [3.63, 3.8) is 0 Å². The Balaban J connectivity index is 0.000000640. The van der Waals surface area contributed by atoms with Crippen LogP contribution in [0, 0.1) is 0 Å². The molecule has 0 radical (unpaired) electrons. The van der Waals surface area contributed by atoms with E-state index in [0.29, 0.717) is 5.84 Å². The van der Waals surface area contributed by atoms with E-state index in [1.165, 1.54) is 5.57 Å². The lowest BCUT2D eigenvalue weighted by Gasteiger charge is -2.03. The van der Waals surface area contributed by atoms with Gasteiger partial charge in [0, 0.05) is 6.54 Å². The van der Waals surface area contributed by atoms with Crippen molar-refractivity contribution < 1.29 is 0 Å². The second-order valence-electron chi connectivity index (χ2n) is 2.05. The van der Waals surface area contributed by atoms with Gasteiger partial charge >= 0.3 is 0 Å². The van der Waals surface area contributed by atoms with E-state index >= 15 is 0 Å². The Morgan fingerprint density at radius 2 is 2.33 bits per heavy atom. The van der Waals surface area contributed by atoms with Gasteiger partial charge in [0.25, 0.3) is 0 Å². The van der Waals surface area contributed by atoms with Crippen LogP contribution in [0.25, 0.3) is 0 Å². The monoisotopic (exact) mass is 146 g/mol. The standard InChI is InChI=1S/C6H10N2.ClH/c1-5-2-3-8-6(7)4-5;/h4H,2-3H2,1H3,(H2,7,8);1H. The fourth-order valence-electron chi connectivity index (χ4n) is 0.732. The third-order valence-corrected chi connectivity index (χ3v) is 1.19. The second-order valence-corrected chi connectivity index (χ2v) is 2.05. The van der Waals surface area contributed by atoms with Crippen LogP contribution in [0.15, 0.2) is 16.6 Å². The van der Waals surface area contributed by atoms with Crippen LogP contribution in [0.4, 0.5) is 0 Å². The maximum atomic E-state index is 5.40. The highest BCUT2D eigenvalue weighted by Crippen LogP contribution is 2.03. The number of hydrogen-bond acceptors (Lipinski definition) is 2. The van der Waals surface area contributed by atoms with Gasteiger partial charge in [0.05, 0.1) is 0 Å². The molecule has 0 aromatic rings. The topological polar surface area (TPSA) is 38.4 Å². The first kappa shape index (κ1) is 8.50. The summed E-state index contributed by atoms with van der Waals surface area (Å²) in [7, 11) is 0. The van der Waals surface area contributed by atoms with Crippen LogP contribution in [0.3, 0.4) is 0 Å². The molecule has 0 saturated carbocycles. The van der Waals surface area contributed by atoms with Gasteiger partial charge in [-0.25, -0.2) is 0 Å². The number of rotatable bonds is 0. The smallest absolute Gasteiger partial charge is 0.118 e. The molecule has 3 heteroatoms. The van der Waals surface area contributed by atoms with E-state index in [-0.39, 0.29) is 12.4 Å². The van der Waals surface area contributed by atoms with Crippen LogP contribution in [-0.2, 0) is 0 Å². The summed E-state index contributed by atoms with van der Waals surface area (Å²) in [6.07, 6.45) is 2.99. The van der Waals surface area contributed by atoms with Crippen LogP contribution in [0.1, 0.15) is 13.3 Å². The highest BCUT2D eigenvalue weighted by molar-refractivity contribution is 5.92. The Bertz CT molecular complexity index is 149. The molecule has 0 bridgehead atoms. The Hall–Kier alpha value is -0.500. The van der Waals surface area contributed by atoms with Gasteiger partial charge in [0.2, 0.25) is 0 Å². The normalized spacial score (nSPS) is 17.4. The first-order valence-electron chi connectivity index (χ1n) is 2.76. The van der Waals surface area contributed by atoms with Crippen molar-refractivity contribution in [2.24, 2.45) is 10.7 Å². The van der Waals surface area contributed by atoms with Gasteiger partial charge in [-0.1, -0.05) is 5.57 Å². The summed E-state index contributed by atoms with van der Waals surface area (Å²) in [5.41, 5.74) is 6.73. The third kappa shape index (κ3) is 2.51. The molecule has 2 N–H and O–H groups in total. The Labute approximate surface area is 61.3 Å². The van der Waals surface area contributed by atoms with Gasteiger partial charge < -0.3 is 5.73 Å². The zero-order valence-corrected chi connectivity index (χ0v) is 6.24. The summed E-state index contributed by atoms with van der Waals surface area (Å²) in [5.74, 6) is 0.675. The number of halogens is 1. The van der Waals surface area contributed by atoms with Crippen molar-refractivity contribution in [1.29, 1.82) is 0 Å². The van der Waals surface area contributed by atoms with Crippen molar-refractivity contribution in [3.8, 4) is 0 Å². The lowest BCUT2D eigenvalue weighted by atomic mass is 10.2. The first-order valence-corrected chi connectivity index (χ1v) is 2.76. The van der Waals surface area contributed by atoms with Gasteiger partial charge in [-0.3, -0.25) is 4.99 Å². The molecule has 1 rings (SSSR count). The number of nitrogens with zero attached hydrogens (tertiary/aromatic N) is 1. The summed E-state index contributed by atoms with van der Waals surface area (Å²) < 4.78 is 0. The molecule has 1 heterocycles. The molecule has 0 saturated heterocycles. The van der Waals surface area contributed by atoms with Gasteiger partial charge in [-0.05, 0) is 19.4 Å². The molecular formula is C6H11ClN2. The van der Waals surface area contributed by atoms with Crippen molar-refractivity contribution in [2.75, 3.05) is 6.54 Å². The zero-order chi connectivity index (χ0) is 5.98. The lowest BCUT2D eigenvalue weighted by molar-refractivity contribution is 0.932. The summed E-state index contributed by atoms with van der Waals surface area (Å²) in [6, 6.07) is 0. The Morgan fingerprint density at radius 3 is 2.67 bits per heavy atom. The van der Waals surface area contributed by atoms with E-state index in [2.05, 4.69) is 11.9 Å². The van der Waals surface area contributed by atoms with Crippen molar-refractivity contribution in [1.82, 2.24) is 0 Å². The molecule has 2 nitrogen and oxygen atoms in total. The average molecular weight is 147 g/mol. The molecule has 0 spiro atoms. The van der Waals surface area contributed by atoms with E-state index in [0.717, 1.165) is 13.0 Å². The predicted octanol–water partition coefficient (Wildman–Crippen LogP) is 1.12. The van der Waals surface area contributed by atoms with Gasteiger partial charge in [-0.2, -0.15) is 0 Å². The largest absolute Gasteiger partial charge is 0.384 e. The molecule has 0 fully saturated rings. The molecule has 1 aliphatic heterocycles. The number of amidine groups is 1. The number of hydrogen-bond donors (Lipinski definition) is 1. The lowest BCUT2D eigenvalue weighted by Crippen LogP contribution is -2.12. The minimum absolute atomic E-state index is 0. The number of aliphatic imine (C=N–C) groups is 1. The number of dihydropyridines is 1. The van der Waals surface area contributed by atoms with Crippen LogP contribution in [0.5, 0.6) is 0 Å². The van der Waals surface area contributed by atoms with E-state index in [9.17, 15) is 0 Å². The second kappa shape index (κ2) is 3.51. The third-order valence-electron chi connectivity index (χ3n) is 1.19. The summed E-state index contributed by atoms with van der Waals surface area (Å²) in [5, 5.41) is 0. The van der Waals surface area contributed by atoms with Gasteiger partial charge in [0.15, 0.2) is 0 Å². The van der Waals surface area contributed by atoms with E-state index in [1.807, 2.05) is 6.08 Å². The maximum Gasteiger partial charge on any atom is 0.118 e. The highest BCUT2D eigenvalue weighted by Gasteiger charge is 1.96. The molecule has 0 atom stereocenters. The van der Waals surface area contributed by atoms with Gasteiger partial charge in [-0.15, -0.1) is 12.4 Å². The van der Waals surface area contributed by atoms with E-state index < -0.39 is 0 Å². The summed E-state index contributed by atoms with van der Waals surface area (Å²) in [4.78, 5) is 4.00. The van der Waals surface area contributed by atoms with Crippen LogP contribution in [-0.4, -0.2) is 12.4 Å². The van der Waals surface area contributed by atoms with E-state index in [4.69, 9.17) is 5.73 Å². The van der Waals surface area contributed by atoms with E-state index in [1.54, 1.807) is 0 Å². The number of nitrogens with two attached hydrogens (primary N) is 1. The molecule has 0 aliphatic carbocycles. The Kier molecular flexibility index (Phi) is 3.32. The van der Waals surface area contributed by atoms with Gasteiger partial charge in [0.1, 0.15) is 5.84 Å². The Morgan fingerprint density at radius 1 is 1.67 bits per heavy atom. The molecule has 52 valence electrons. The quantitative estimate of drug-likeness (QED) is 0.547. The van der Waals surface area contributed by atoms with Crippen molar-refractivity contribution >= 4 is 18.2 Å². The van der Waals surface area contributed by atoms with Crippen LogP contribution < -0.4 is 5.73 Å². The summed E-state index contributed by atoms with van der Waals surface area (Å²) in [6.45, 7) is 2.94. The molecular weight excluding hydrogens is 136 g/mol. The summed E-state index contributed by atoms with van der Waals surface area (Å²) >= 11 is 0. The fraction of sp³-hybridized carbons (Fsp3) is 0.500. The highest BCUT2D eigenvalue weighted by atomic mass is 35.5. The van der Waals surface area contributed by atoms with Crippen LogP contribution >= 0.6 is 12.4 Å². The zero-order valence-electron chi connectivity index (χ0n) is 5.42. The predicted molar refractivity (Wildman–Crippen MR) is 42.1 cm³/mol. The van der Waals surface area contributed by atoms with Crippen molar-refractivity contribution in [2.45, 2.75) is 13.3 Å². The molecule has 9 heavy (non-hydrogen) atoms. The maximum absolute atomic E-state index is 5.40. The molecule has 1 aliphatic rings. The fourth-order valence-corrected chi connectivity index (χ4v) is 0.732. The minimum Gasteiger partial charge on any atom is -0.384 e. The van der Waals surface area contributed by atoms with Crippen LogP contribution in [0.2, 0.25) is 0 Å². The molecule has 0 amide bonds.